The van der Waals surface area contributed by atoms with Gasteiger partial charge >= 0.3 is 0 Å². The molecule has 0 saturated heterocycles. The summed E-state index contributed by atoms with van der Waals surface area (Å²) in [4.78, 5) is 20.8. The van der Waals surface area contributed by atoms with Crippen molar-refractivity contribution in [1.29, 1.82) is 0 Å². The van der Waals surface area contributed by atoms with E-state index in [0.717, 1.165) is 41.8 Å². The Bertz CT molecular complexity index is 1200. The molecule has 2 aromatic heterocycles. The van der Waals surface area contributed by atoms with Gasteiger partial charge in [0.25, 0.3) is 12.3 Å². The minimum absolute atomic E-state index is 0.0615. The molecule has 4 rings (SSSR count). The summed E-state index contributed by atoms with van der Waals surface area (Å²) in [5, 5.41) is 3.22. The van der Waals surface area contributed by atoms with Gasteiger partial charge < -0.3 is 19.1 Å². The van der Waals surface area contributed by atoms with Crippen LogP contribution in [0.3, 0.4) is 0 Å². The third-order valence-corrected chi connectivity index (χ3v) is 4.75. The minimum atomic E-state index is -2.82. The first kappa shape index (κ1) is 24.0. The number of allylic oxidation sites excluding steroid dienone is 1. The molecule has 1 aliphatic heterocycles. The Hall–Kier alpha value is -3.63. The molecule has 0 aliphatic carbocycles. The molecule has 3 heterocycles. The number of oxazole rings is 2. The van der Waals surface area contributed by atoms with Gasteiger partial charge in [-0.05, 0) is 32.5 Å². The van der Waals surface area contributed by atoms with Crippen LogP contribution in [0.5, 0.6) is 0 Å². The summed E-state index contributed by atoms with van der Waals surface area (Å²) < 4.78 is 60.3. The molecular formula is C22H22F4N4O3. The lowest BCUT2D eigenvalue weighted by atomic mass is 10.1. The average Bonchev–Trinajstić information content (AvgIpc) is 3.42. The normalized spacial score (nSPS) is 13.8. The van der Waals surface area contributed by atoms with Gasteiger partial charge in [-0.3, -0.25) is 4.79 Å². The van der Waals surface area contributed by atoms with Crippen LogP contribution in [0.4, 0.5) is 17.6 Å². The topological polar surface area (TPSA) is 84.4 Å². The number of fused-ring (bicyclic) bond motifs is 1. The van der Waals surface area contributed by atoms with Crippen LogP contribution < -0.4 is 5.32 Å². The minimum Gasteiger partial charge on any atom is -0.443 e. The Morgan fingerprint density at radius 2 is 1.91 bits per heavy atom. The largest absolute Gasteiger partial charge is 0.443 e. The van der Waals surface area contributed by atoms with Crippen LogP contribution in [-0.2, 0) is 0 Å². The third-order valence-electron chi connectivity index (χ3n) is 4.75. The van der Waals surface area contributed by atoms with E-state index in [0.29, 0.717) is 19.5 Å². The quantitative estimate of drug-likeness (QED) is 0.522. The molecule has 3 aromatic rings. The van der Waals surface area contributed by atoms with Gasteiger partial charge in [-0.15, -0.1) is 0 Å². The number of alkyl halides is 2. The Kier molecular flexibility index (Phi) is 7.52. The van der Waals surface area contributed by atoms with Gasteiger partial charge in [0, 0.05) is 37.3 Å². The van der Waals surface area contributed by atoms with Crippen molar-refractivity contribution in [2.45, 2.75) is 33.6 Å². The van der Waals surface area contributed by atoms with Crippen LogP contribution >= 0.6 is 0 Å². The summed E-state index contributed by atoms with van der Waals surface area (Å²) in [5.74, 6) is -2.28. The molecular weight excluding hydrogens is 444 g/mol. The number of aromatic nitrogens is 2. The van der Waals surface area contributed by atoms with Gasteiger partial charge in [-0.1, -0.05) is 5.57 Å². The monoisotopic (exact) mass is 466 g/mol. The number of nitrogens with one attached hydrogen (secondary N) is 1. The maximum Gasteiger partial charge on any atom is 0.292 e. The zero-order chi connectivity index (χ0) is 24.1. The number of amides is 1. The fraction of sp³-hybridized carbons (Fsp3) is 0.318. The molecule has 0 fully saturated rings. The van der Waals surface area contributed by atoms with Crippen molar-refractivity contribution < 1.29 is 31.2 Å². The number of benzene rings is 1. The first-order valence-corrected chi connectivity index (χ1v) is 9.95. The van der Waals surface area contributed by atoms with E-state index >= 15 is 0 Å². The lowest BCUT2D eigenvalue weighted by molar-refractivity contribution is 0.0714. The number of rotatable bonds is 4. The van der Waals surface area contributed by atoms with E-state index in [2.05, 4.69) is 19.7 Å². The van der Waals surface area contributed by atoms with Crippen molar-refractivity contribution in [1.82, 2.24) is 20.2 Å². The van der Waals surface area contributed by atoms with Crippen molar-refractivity contribution in [3.8, 4) is 0 Å². The number of hydrogen-bond donors (Lipinski definition) is 1. The molecule has 1 aliphatic rings. The molecule has 0 atom stereocenters. The van der Waals surface area contributed by atoms with Crippen molar-refractivity contribution in [2.24, 2.45) is 0 Å². The van der Waals surface area contributed by atoms with Gasteiger partial charge in [0.1, 0.15) is 11.3 Å². The first-order chi connectivity index (χ1) is 15.7. The highest BCUT2D eigenvalue weighted by molar-refractivity contribution is 5.92. The maximum atomic E-state index is 12.8. The van der Waals surface area contributed by atoms with Crippen LogP contribution in [0.1, 0.15) is 49.9 Å². The molecule has 0 unspecified atom stereocenters. The number of nitrogens with zero attached hydrogens (tertiary/aromatic N) is 3. The Morgan fingerprint density at radius 1 is 1.18 bits per heavy atom. The van der Waals surface area contributed by atoms with Crippen LogP contribution in [0, 0.1) is 11.6 Å². The maximum absolute atomic E-state index is 12.8. The predicted molar refractivity (Wildman–Crippen MR) is 111 cm³/mol. The smallest absolute Gasteiger partial charge is 0.292 e. The van der Waals surface area contributed by atoms with Crippen LogP contribution in [0.15, 0.2) is 56.8 Å². The van der Waals surface area contributed by atoms with E-state index in [9.17, 15) is 22.4 Å². The molecule has 176 valence electrons. The average molecular weight is 466 g/mol. The van der Waals surface area contributed by atoms with E-state index in [1.54, 1.807) is 0 Å². The predicted octanol–water partition coefficient (Wildman–Crippen LogP) is 5.35. The SMILES string of the molecule is CC(C)=CNC1=C(C)CN(C(=O)c2ocnc2C(F)F)CC1.Fc1cc(F)c2ncoc2c1. The highest BCUT2D eigenvalue weighted by Gasteiger charge is 2.29. The molecule has 0 saturated carbocycles. The van der Waals surface area contributed by atoms with E-state index in [1.165, 1.54) is 4.90 Å². The summed E-state index contributed by atoms with van der Waals surface area (Å²) in [6.45, 7) is 6.70. The summed E-state index contributed by atoms with van der Waals surface area (Å²) in [5.41, 5.74) is 2.78. The van der Waals surface area contributed by atoms with Crippen molar-refractivity contribution in [3.05, 3.63) is 71.1 Å². The Labute approximate surface area is 186 Å². The summed E-state index contributed by atoms with van der Waals surface area (Å²) >= 11 is 0. The molecule has 1 N–H and O–H groups in total. The lowest BCUT2D eigenvalue weighted by Crippen LogP contribution is -2.38. The molecule has 0 radical (unpaired) electrons. The Balaban J connectivity index is 0.000000231. The molecule has 11 heteroatoms. The highest BCUT2D eigenvalue weighted by atomic mass is 19.3. The van der Waals surface area contributed by atoms with Gasteiger partial charge in [0.05, 0.1) is 0 Å². The lowest BCUT2D eigenvalue weighted by Gasteiger charge is -2.29. The van der Waals surface area contributed by atoms with Gasteiger partial charge in [0.15, 0.2) is 29.9 Å². The zero-order valence-electron chi connectivity index (χ0n) is 18.2. The highest BCUT2D eigenvalue weighted by Crippen LogP contribution is 2.24. The summed E-state index contributed by atoms with van der Waals surface area (Å²) in [6.07, 6.45) is 1.67. The van der Waals surface area contributed by atoms with E-state index in [1.807, 2.05) is 27.0 Å². The molecule has 33 heavy (non-hydrogen) atoms. The number of carbonyl (C=O) groups is 1. The second-order valence-electron chi connectivity index (χ2n) is 7.56. The third kappa shape index (κ3) is 5.79. The fourth-order valence-corrected chi connectivity index (χ4v) is 3.13. The van der Waals surface area contributed by atoms with Gasteiger partial charge in [0.2, 0.25) is 5.76 Å². The standard InChI is InChI=1S/C15H19F2N3O2.C7H3F2NO/c1-9(2)6-18-11-4-5-20(7-10(11)3)15(21)13-12(14(16)17)19-8-22-13;8-4-1-5(9)7-6(2-4)11-3-10-7/h6,8,14,18H,4-5,7H2,1-3H3;1-3H. The fourth-order valence-electron chi connectivity index (χ4n) is 3.13. The molecule has 1 amide bonds. The van der Waals surface area contributed by atoms with Gasteiger partial charge in [-0.2, -0.15) is 0 Å². The Morgan fingerprint density at radius 3 is 2.58 bits per heavy atom. The first-order valence-electron chi connectivity index (χ1n) is 9.95. The number of halogens is 4. The van der Waals surface area contributed by atoms with E-state index < -0.39 is 29.7 Å². The van der Waals surface area contributed by atoms with Crippen molar-refractivity contribution in [2.75, 3.05) is 13.1 Å². The molecule has 0 spiro atoms. The molecule has 0 bridgehead atoms. The summed E-state index contributed by atoms with van der Waals surface area (Å²) in [6, 6.07) is 1.86. The second-order valence-corrected chi connectivity index (χ2v) is 7.56. The molecule has 1 aromatic carbocycles. The second kappa shape index (κ2) is 10.3. The van der Waals surface area contributed by atoms with Crippen molar-refractivity contribution >= 4 is 17.0 Å². The number of carbonyl (C=O) groups excluding carboxylic acids is 1. The van der Waals surface area contributed by atoms with E-state index in [4.69, 9.17) is 4.42 Å². The van der Waals surface area contributed by atoms with Crippen LogP contribution in [-0.4, -0.2) is 33.9 Å². The zero-order valence-corrected chi connectivity index (χ0v) is 18.2. The van der Waals surface area contributed by atoms with Gasteiger partial charge in [-0.25, -0.2) is 27.5 Å². The number of hydrogen-bond acceptors (Lipinski definition) is 6. The van der Waals surface area contributed by atoms with Crippen LogP contribution in [0.25, 0.3) is 11.1 Å². The summed E-state index contributed by atoms with van der Waals surface area (Å²) in [7, 11) is 0. The molecule has 7 nitrogen and oxygen atoms in total. The van der Waals surface area contributed by atoms with Crippen molar-refractivity contribution in [3.63, 3.8) is 0 Å². The van der Waals surface area contributed by atoms with E-state index in [-0.39, 0.29) is 16.9 Å². The van der Waals surface area contributed by atoms with Crippen LogP contribution in [0.2, 0.25) is 0 Å².